The second kappa shape index (κ2) is 30.8. The first kappa shape index (κ1) is 72.4. The number of ether oxygens (including phenoxy) is 4. The average molecular weight is 1330 g/mol. The fraction of sp³-hybridized carbons (Fsp3) is 0.508. The number of pyridine rings is 2. The van der Waals surface area contributed by atoms with E-state index in [9.17, 15) is 78.0 Å². The van der Waals surface area contributed by atoms with Crippen molar-refractivity contribution >= 4 is 92.8 Å². The maximum atomic E-state index is 14.8. The van der Waals surface area contributed by atoms with Crippen LogP contribution in [0.3, 0.4) is 0 Å². The Morgan fingerprint density at radius 3 is 1.38 bits per heavy atom. The fourth-order valence-electron chi connectivity index (χ4n) is 10.9. The molecule has 0 aliphatic carbocycles. The quantitative estimate of drug-likeness (QED) is 0.0783. The van der Waals surface area contributed by atoms with Crippen LogP contribution in [0.15, 0.2) is 48.5 Å². The number of amides is 10. The molecule has 10 N–H and O–H groups in total. The molecule has 3 fully saturated rings. The third-order valence-electron chi connectivity index (χ3n) is 16.0. The second-order valence-electron chi connectivity index (χ2n) is 24.1. The van der Waals surface area contributed by atoms with Crippen LogP contribution < -0.4 is 41.6 Å². The van der Waals surface area contributed by atoms with Gasteiger partial charge in [0.2, 0.25) is 35.4 Å². The maximum absolute atomic E-state index is 14.8. The first-order valence-corrected chi connectivity index (χ1v) is 30.2. The molecule has 0 radical (unpaired) electrons. The number of benzene rings is 2. The lowest BCUT2D eigenvalue weighted by molar-refractivity contribution is -0.166. The number of likely N-dealkylation sites (N-methyl/N-ethyl adjacent to an activating group) is 4. The van der Waals surface area contributed by atoms with Gasteiger partial charge in [0.25, 0.3) is 23.6 Å². The van der Waals surface area contributed by atoms with Gasteiger partial charge in [-0.25, -0.2) is 30.4 Å². The molecule has 2 aromatic carbocycles. The van der Waals surface area contributed by atoms with Gasteiger partial charge in [-0.3, -0.25) is 58.0 Å². The van der Waals surface area contributed by atoms with Crippen LogP contribution in [0.4, 0.5) is 0 Å². The number of carbonyl (C=O) groups is 12. The van der Waals surface area contributed by atoms with Gasteiger partial charge in [-0.05, 0) is 102 Å². The van der Waals surface area contributed by atoms with Crippen LogP contribution in [0.2, 0.25) is 0 Å². The predicted octanol–water partition coefficient (Wildman–Crippen LogP) is -3.07. The van der Waals surface area contributed by atoms with E-state index in [-0.39, 0.29) is 43.4 Å². The minimum atomic E-state index is -2.13. The number of cyclic esters (lactones) is 2. The van der Waals surface area contributed by atoms with E-state index in [1.807, 2.05) is 0 Å². The normalized spacial score (nSPS) is 22.5. The molecule has 0 unspecified atom stereocenters. The summed E-state index contributed by atoms with van der Waals surface area (Å²) in [7, 11) is 7.50. The molecule has 3 aliphatic heterocycles. The van der Waals surface area contributed by atoms with Crippen LogP contribution in [0.5, 0.6) is 23.0 Å². The molecular formula is C61H80N14O20. The van der Waals surface area contributed by atoms with Gasteiger partial charge in [-0.2, -0.15) is 0 Å². The number of hydrogen-bond donors (Lipinski definition) is 10. The largest absolute Gasteiger partial charge is 0.505 e. The topological polar surface area (TPSA) is 440 Å². The van der Waals surface area contributed by atoms with Crippen LogP contribution in [0.25, 0.3) is 21.8 Å². The number of aliphatic hydroxyl groups is 2. The first-order chi connectivity index (χ1) is 44.7. The summed E-state index contributed by atoms with van der Waals surface area (Å²) in [5.41, 5.74) is 0.798. The minimum Gasteiger partial charge on any atom is -0.505 e. The molecule has 7 rings (SSSR count). The molecule has 5 heterocycles. The third-order valence-corrected chi connectivity index (χ3v) is 16.0. The Hall–Kier alpha value is -10.1. The van der Waals surface area contributed by atoms with E-state index >= 15 is 0 Å². The molecule has 0 saturated carbocycles. The van der Waals surface area contributed by atoms with E-state index in [4.69, 9.17) is 18.9 Å². The van der Waals surface area contributed by atoms with Gasteiger partial charge in [0.1, 0.15) is 53.8 Å². The van der Waals surface area contributed by atoms with Gasteiger partial charge >= 0.3 is 11.9 Å². The third kappa shape index (κ3) is 17.6. The summed E-state index contributed by atoms with van der Waals surface area (Å²) in [5.74, 6) is -12.7. The molecule has 3 aliphatic rings. The zero-order valence-corrected chi connectivity index (χ0v) is 54.2. The van der Waals surface area contributed by atoms with Crippen LogP contribution in [-0.2, 0) is 57.4 Å². The lowest BCUT2D eigenvalue weighted by Gasteiger charge is -2.38. The fourth-order valence-corrected chi connectivity index (χ4v) is 10.9. The van der Waals surface area contributed by atoms with Gasteiger partial charge in [-0.15, -0.1) is 0 Å². The van der Waals surface area contributed by atoms with Crippen molar-refractivity contribution in [2.75, 3.05) is 94.9 Å². The smallest absolute Gasteiger partial charge is 0.331 e. The van der Waals surface area contributed by atoms with E-state index in [1.165, 1.54) is 72.5 Å². The summed E-state index contributed by atoms with van der Waals surface area (Å²) in [6.07, 6.45) is 0.0177. The van der Waals surface area contributed by atoms with E-state index in [2.05, 4.69) is 42.1 Å². The zero-order valence-electron chi connectivity index (χ0n) is 54.2. The van der Waals surface area contributed by atoms with Crippen LogP contribution in [0.1, 0.15) is 80.8 Å². The summed E-state index contributed by atoms with van der Waals surface area (Å²) >= 11 is 0. The number of esters is 2. The predicted molar refractivity (Wildman–Crippen MR) is 332 cm³/mol. The van der Waals surface area contributed by atoms with Crippen LogP contribution >= 0.6 is 0 Å². The molecule has 3 saturated heterocycles. The number of rotatable bonds is 8. The summed E-state index contributed by atoms with van der Waals surface area (Å²) in [4.78, 5) is 181. The van der Waals surface area contributed by atoms with E-state index in [1.54, 1.807) is 18.2 Å². The number of methoxy groups -OCH3 is 2. The number of nitrogens with zero attached hydrogens (tertiary/aromatic N) is 8. The van der Waals surface area contributed by atoms with Gasteiger partial charge in [-0.1, -0.05) is 0 Å². The van der Waals surface area contributed by atoms with Gasteiger partial charge in [0.15, 0.2) is 23.5 Å². The molecule has 10 amide bonds. The first-order valence-electron chi connectivity index (χ1n) is 30.2. The number of aromatic nitrogens is 2. The average Bonchev–Trinajstić information content (AvgIpc) is 0.820. The molecule has 514 valence electrons. The molecule has 2 aromatic heterocycles. The Balaban J connectivity index is 1.19. The number of fused-ring (bicyclic) bond motifs is 4. The van der Waals surface area contributed by atoms with E-state index in [0.29, 0.717) is 28.7 Å². The Bertz CT molecular complexity index is 3630. The summed E-state index contributed by atoms with van der Waals surface area (Å²) in [6.45, 7) is 0.118. The molecular weight excluding hydrogens is 1250 g/mol. The van der Waals surface area contributed by atoms with Crippen molar-refractivity contribution in [3.63, 3.8) is 0 Å². The molecule has 95 heavy (non-hydrogen) atoms. The SMILES string of the molecule is COc1ccc2nc(C(=O)N[C@@H]3CCOC(=O)[C@H](C(C)(C)O)N(C)C(=O)CN(C)C(=O)CNC(=O)[C@@H]4CCCNN4C(=O)[C@H](NC(=O)c4nc5ccc(OC)cc5cc4O)COC(=O)[C@H](C(C)(C)O)N(C)C(=O)CN(C)C(=O)CNC(=O)[C@@H]4CCCNN4C3=O)c(O)cc2c1. The number of hydrazine groups is 2. The molecule has 34 nitrogen and oxygen atoms in total. The highest BCUT2D eigenvalue weighted by Gasteiger charge is 2.45. The van der Waals surface area contributed by atoms with Crippen molar-refractivity contribution < 1.29 is 96.9 Å². The van der Waals surface area contributed by atoms with E-state index < -0.39 is 187 Å². The number of carbonyl (C=O) groups excluding carboxylic acids is 12. The highest BCUT2D eigenvalue weighted by atomic mass is 16.5. The second-order valence-corrected chi connectivity index (χ2v) is 24.1. The monoisotopic (exact) mass is 1330 g/mol. The summed E-state index contributed by atoms with van der Waals surface area (Å²) in [6, 6.07) is 1.55. The van der Waals surface area contributed by atoms with Crippen molar-refractivity contribution in [2.45, 2.75) is 107 Å². The lowest BCUT2D eigenvalue weighted by atomic mass is 9.97. The summed E-state index contributed by atoms with van der Waals surface area (Å²) < 4.78 is 21.7. The Labute approximate surface area is 544 Å². The van der Waals surface area contributed by atoms with Gasteiger partial charge < -0.3 is 80.2 Å². The maximum Gasteiger partial charge on any atom is 0.331 e. The van der Waals surface area contributed by atoms with Crippen molar-refractivity contribution in [3.05, 3.63) is 59.9 Å². The molecule has 34 heteroatoms. The minimum absolute atomic E-state index is 0.0000157. The molecule has 4 aromatic rings. The number of aromatic hydroxyl groups is 2. The highest BCUT2D eigenvalue weighted by Crippen LogP contribution is 2.29. The van der Waals surface area contributed by atoms with Crippen molar-refractivity contribution in [3.8, 4) is 23.0 Å². The van der Waals surface area contributed by atoms with Crippen LogP contribution in [-0.4, -0.2) is 273 Å². The van der Waals surface area contributed by atoms with E-state index in [0.717, 1.165) is 57.6 Å². The van der Waals surface area contributed by atoms with Crippen molar-refractivity contribution in [1.29, 1.82) is 0 Å². The van der Waals surface area contributed by atoms with Crippen molar-refractivity contribution in [2.24, 2.45) is 0 Å². The highest BCUT2D eigenvalue weighted by molar-refractivity contribution is 6.03. The van der Waals surface area contributed by atoms with Gasteiger partial charge in [0.05, 0.1) is 69.2 Å². The Morgan fingerprint density at radius 2 is 0.968 bits per heavy atom. The zero-order chi connectivity index (χ0) is 70.0. The Morgan fingerprint density at radius 1 is 0.568 bits per heavy atom. The molecule has 0 bridgehead atoms. The van der Waals surface area contributed by atoms with Gasteiger partial charge in [0, 0.05) is 58.5 Å². The number of hydrogen-bond acceptors (Lipinski definition) is 24. The number of nitrogens with one attached hydrogen (secondary N) is 6. The van der Waals surface area contributed by atoms with Crippen LogP contribution in [0, 0.1) is 0 Å². The lowest BCUT2D eigenvalue weighted by Crippen LogP contribution is -2.64. The summed E-state index contributed by atoms with van der Waals surface area (Å²) in [5, 5.41) is 57.2. The van der Waals surface area contributed by atoms with Crippen molar-refractivity contribution in [1.82, 2.24) is 71.7 Å². The standard InChI is InChI=1S/C61H80N14O20/c1-60(2,90)50-58(88)94-22-19-38(68-54(84)48-42(76)25-32-23-34(92-9)15-17-36(32)66-48)56(86)74-40(13-11-20-64-74)52(82)62-27-44(78)71(6)30-47(81)73(8)51(61(3,4)91)59(89)95-31-39(69-55(85)49-43(77)26-33-24-35(93-10)16-18-37(33)67-49)57(87)75-41(14-12-21-65-75)53(83)63-28-45(79)70(5)29-46(80)72(50)7/h15-18,23-26,38-41,50-51,64-65,76-77,90-91H,11-14,19-22,27-31H2,1-10H3,(H,62,82)(H,63,83)(H,68,84)(H,69,85)/t38-,39-,40+,41+,50-,51-/m1/s1. The molecule has 0 spiro atoms. The Kier molecular flexibility index (Phi) is 23.5. The molecule has 6 atom stereocenters.